The van der Waals surface area contributed by atoms with Crippen LogP contribution in [0, 0.1) is 5.41 Å². The van der Waals surface area contributed by atoms with Crippen molar-refractivity contribution >= 4 is 17.5 Å². The molecule has 1 spiro atoms. The van der Waals surface area contributed by atoms with Crippen LogP contribution >= 0.6 is 0 Å². The minimum absolute atomic E-state index is 0.000641. The van der Waals surface area contributed by atoms with Gasteiger partial charge >= 0.3 is 0 Å². The number of nitrogens with zero attached hydrogens (tertiary/aromatic N) is 6. The van der Waals surface area contributed by atoms with Gasteiger partial charge in [-0.15, -0.1) is 5.10 Å². The topological polar surface area (TPSA) is 92.9 Å². The minimum Gasteiger partial charge on any atom is -0.385 e. The first-order valence-electron chi connectivity index (χ1n) is 9.84. The van der Waals surface area contributed by atoms with Gasteiger partial charge in [-0.25, -0.2) is 0 Å². The Morgan fingerprint density at radius 1 is 1.29 bits per heavy atom. The van der Waals surface area contributed by atoms with E-state index in [0.29, 0.717) is 30.8 Å². The number of rotatable bonds is 5. The average Bonchev–Trinajstić information content (AvgIpc) is 3.18. The van der Waals surface area contributed by atoms with E-state index in [1.807, 2.05) is 9.80 Å². The summed E-state index contributed by atoms with van der Waals surface area (Å²) in [6.07, 6.45) is 5.94. The summed E-state index contributed by atoms with van der Waals surface area (Å²) >= 11 is 0. The fraction of sp³-hybridized carbons (Fsp3) is 0.632. The number of ether oxygens (including phenoxy) is 1. The van der Waals surface area contributed by atoms with Crippen LogP contribution < -0.4 is 0 Å². The highest BCUT2D eigenvalue weighted by Crippen LogP contribution is 2.39. The number of carbonyl (C=O) groups is 2. The average molecular weight is 386 g/mol. The highest BCUT2D eigenvalue weighted by molar-refractivity contribution is 5.94. The van der Waals surface area contributed by atoms with Crippen LogP contribution in [0.1, 0.15) is 42.5 Å². The summed E-state index contributed by atoms with van der Waals surface area (Å²) in [5.41, 5.74) is 1.19. The van der Waals surface area contributed by atoms with Crippen molar-refractivity contribution in [1.82, 2.24) is 29.8 Å². The summed E-state index contributed by atoms with van der Waals surface area (Å²) in [5.74, 6) is 0.216. The third kappa shape index (κ3) is 3.71. The molecule has 28 heavy (non-hydrogen) atoms. The zero-order valence-electron chi connectivity index (χ0n) is 16.2. The van der Waals surface area contributed by atoms with Crippen LogP contribution in [-0.4, -0.2) is 81.6 Å². The number of methoxy groups -OCH3 is 1. The third-order valence-electron chi connectivity index (χ3n) is 5.91. The fourth-order valence-electron chi connectivity index (χ4n) is 4.47. The second kappa shape index (κ2) is 7.83. The van der Waals surface area contributed by atoms with Crippen LogP contribution in [0.4, 0.5) is 0 Å². The molecule has 9 heteroatoms. The lowest BCUT2D eigenvalue weighted by Gasteiger charge is -2.48. The Kier molecular flexibility index (Phi) is 5.25. The van der Waals surface area contributed by atoms with Crippen molar-refractivity contribution in [2.24, 2.45) is 5.41 Å². The molecule has 0 saturated carbocycles. The molecule has 150 valence electrons. The normalized spacial score (nSPS) is 23.0. The van der Waals surface area contributed by atoms with Crippen molar-refractivity contribution in [3.8, 4) is 0 Å². The van der Waals surface area contributed by atoms with E-state index in [2.05, 4.69) is 15.5 Å². The van der Waals surface area contributed by atoms with Gasteiger partial charge in [0, 0.05) is 57.9 Å². The Bertz CT molecular complexity index is 868. The maximum absolute atomic E-state index is 13.1. The molecule has 0 aliphatic carbocycles. The summed E-state index contributed by atoms with van der Waals surface area (Å²) in [5, 5.41) is 11.4. The second-order valence-electron chi connectivity index (χ2n) is 7.89. The van der Waals surface area contributed by atoms with E-state index < -0.39 is 0 Å². The molecule has 2 aliphatic rings. The second-order valence-corrected chi connectivity index (χ2v) is 7.89. The SMILES string of the molecule is COCCCN1CC2(CCCN(C(=O)c3ccc4nnnn4c3)C2)CCC1=O. The third-order valence-corrected chi connectivity index (χ3v) is 5.91. The molecule has 2 saturated heterocycles. The summed E-state index contributed by atoms with van der Waals surface area (Å²) in [4.78, 5) is 29.3. The number of piperidine rings is 2. The van der Waals surface area contributed by atoms with Gasteiger partial charge in [0.2, 0.25) is 5.91 Å². The van der Waals surface area contributed by atoms with Gasteiger partial charge in [-0.2, -0.15) is 4.52 Å². The molecule has 0 aromatic carbocycles. The van der Waals surface area contributed by atoms with Crippen LogP contribution in [0.5, 0.6) is 0 Å². The molecule has 0 N–H and O–H groups in total. The monoisotopic (exact) mass is 386 g/mol. The number of tetrazole rings is 1. The maximum atomic E-state index is 13.1. The molecule has 4 heterocycles. The van der Waals surface area contributed by atoms with E-state index in [-0.39, 0.29) is 17.2 Å². The Morgan fingerprint density at radius 2 is 2.18 bits per heavy atom. The van der Waals surface area contributed by atoms with E-state index in [1.54, 1.807) is 25.4 Å². The van der Waals surface area contributed by atoms with Crippen LogP contribution in [0.15, 0.2) is 18.3 Å². The van der Waals surface area contributed by atoms with Crippen LogP contribution in [0.2, 0.25) is 0 Å². The van der Waals surface area contributed by atoms with E-state index in [4.69, 9.17) is 4.74 Å². The Hall–Kier alpha value is -2.55. The number of likely N-dealkylation sites (tertiary alicyclic amines) is 2. The number of aromatic nitrogens is 4. The summed E-state index contributed by atoms with van der Waals surface area (Å²) < 4.78 is 6.64. The summed E-state index contributed by atoms with van der Waals surface area (Å²) in [6, 6.07) is 3.53. The van der Waals surface area contributed by atoms with E-state index in [9.17, 15) is 9.59 Å². The fourth-order valence-corrected chi connectivity index (χ4v) is 4.47. The van der Waals surface area contributed by atoms with Gasteiger partial charge in [0.25, 0.3) is 5.91 Å². The molecule has 4 rings (SSSR count). The molecule has 0 bridgehead atoms. The van der Waals surface area contributed by atoms with Gasteiger partial charge in [0.1, 0.15) is 0 Å². The highest BCUT2D eigenvalue weighted by atomic mass is 16.5. The number of carbonyl (C=O) groups excluding carboxylic acids is 2. The molecule has 2 aromatic heterocycles. The molecule has 2 amide bonds. The summed E-state index contributed by atoms with van der Waals surface area (Å²) in [6.45, 7) is 3.53. The van der Waals surface area contributed by atoms with Gasteiger partial charge in [-0.05, 0) is 48.2 Å². The van der Waals surface area contributed by atoms with Crippen molar-refractivity contribution in [1.29, 1.82) is 0 Å². The van der Waals surface area contributed by atoms with Gasteiger partial charge in [0.05, 0.1) is 5.56 Å². The molecular formula is C19H26N6O3. The van der Waals surface area contributed by atoms with Crippen molar-refractivity contribution in [2.45, 2.75) is 32.1 Å². The standard InChI is InChI=1S/C19H26N6O3/c1-28-11-3-10-23-13-19(8-6-17(23)26)7-2-9-24(14-19)18(27)15-4-5-16-20-21-22-25(16)12-15/h4-5,12H,2-3,6-11,13-14H2,1H3. The lowest BCUT2D eigenvalue weighted by atomic mass is 9.73. The molecular weight excluding hydrogens is 360 g/mol. The number of hydrogen-bond acceptors (Lipinski definition) is 6. The highest BCUT2D eigenvalue weighted by Gasteiger charge is 2.42. The number of pyridine rings is 1. The van der Waals surface area contributed by atoms with Gasteiger partial charge in [-0.3, -0.25) is 9.59 Å². The van der Waals surface area contributed by atoms with Crippen LogP contribution in [-0.2, 0) is 9.53 Å². The van der Waals surface area contributed by atoms with Crippen molar-refractivity contribution in [2.75, 3.05) is 39.9 Å². The van der Waals surface area contributed by atoms with E-state index in [1.165, 1.54) is 4.52 Å². The lowest BCUT2D eigenvalue weighted by molar-refractivity contribution is -0.139. The van der Waals surface area contributed by atoms with Gasteiger partial charge < -0.3 is 14.5 Å². The van der Waals surface area contributed by atoms with E-state index >= 15 is 0 Å². The van der Waals surface area contributed by atoms with Crippen LogP contribution in [0.3, 0.4) is 0 Å². The van der Waals surface area contributed by atoms with Crippen LogP contribution in [0.25, 0.3) is 5.65 Å². The predicted molar refractivity (Wildman–Crippen MR) is 101 cm³/mol. The van der Waals surface area contributed by atoms with Gasteiger partial charge in [-0.1, -0.05) is 0 Å². The zero-order chi connectivity index (χ0) is 19.6. The first-order valence-corrected chi connectivity index (χ1v) is 9.84. The lowest BCUT2D eigenvalue weighted by Crippen LogP contribution is -2.55. The first-order chi connectivity index (χ1) is 13.6. The van der Waals surface area contributed by atoms with E-state index in [0.717, 1.165) is 45.3 Å². The van der Waals surface area contributed by atoms with Gasteiger partial charge in [0.15, 0.2) is 5.65 Å². The number of fused-ring (bicyclic) bond motifs is 1. The molecule has 2 fully saturated rings. The predicted octanol–water partition coefficient (Wildman–Crippen LogP) is 1.01. The Morgan fingerprint density at radius 3 is 3.04 bits per heavy atom. The first kappa shape index (κ1) is 18.8. The smallest absolute Gasteiger partial charge is 0.255 e. The largest absolute Gasteiger partial charge is 0.385 e. The number of hydrogen-bond donors (Lipinski definition) is 0. The Labute approximate surface area is 163 Å². The zero-order valence-corrected chi connectivity index (χ0v) is 16.2. The molecule has 2 aromatic rings. The molecule has 1 atom stereocenters. The molecule has 1 unspecified atom stereocenters. The summed E-state index contributed by atoms with van der Waals surface area (Å²) in [7, 11) is 1.68. The quantitative estimate of drug-likeness (QED) is 0.712. The molecule has 9 nitrogen and oxygen atoms in total. The minimum atomic E-state index is -0.00615. The Balaban J connectivity index is 1.46. The van der Waals surface area contributed by atoms with Crippen molar-refractivity contribution in [3.05, 3.63) is 23.9 Å². The van der Waals surface area contributed by atoms with Crippen molar-refractivity contribution < 1.29 is 14.3 Å². The molecule has 0 radical (unpaired) electrons. The molecule has 2 aliphatic heterocycles. The number of amides is 2. The van der Waals surface area contributed by atoms with Crippen molar-refractivity contribution in [3.63, 3.8) is 0 Å². The maximum Gasteiger partial charge on any atom is 0.255 e.